The molecule has 4 nitrogen and oxygen atoms in total. The lowest BCUT2D eigenvalue weighted by Crippen LogP contribution is -2.29. The summed E-state index contributed by atoms with van der Waals surface area (Å²) in [6.45, 7) is 3.74. The van der Waals surface area contributed by atoms with Gasteiger partial charge in [0, 0.05) is 30.8 Å². The van der Waals surface area contributed by atoms with E-state index in [1.807, 2.05) is 28.5 Å². The van der Waals surface area contributed by atoms with Crippen LogP contribution in [0.3, 0.4) is 0 Å². The summed E-state index contributed by atoms with van der Waals surface area (Å²) in [4.78, 5) is 14.7. The second-order valence-electron chi connectivity index (χ2n) is 6.31. The van der Waals surface area contributed by atoms with Crippen LogP contribution in [-0.2, 0) is 6.54 Å². The van der Waals surface area contributed by atoms with Gasteiger partial charge in [0.1, 0.15) is 17.3 Å². The van der Waals surface area contributed by atoms with Crippen LogP contribution in [0.25, 0.3) is 11.1 Å². The van der Waals surface area contributed by atoms with Crippen molar-refractivity contribution in [2.75, 3.05) is 13.1 Å². The van der Waals surface area contributed by atoms with Crippen LogP contribution in [0.5, 0.6) is 0 Å². The molecular formula is C19H19FN2O2. The van der Waals surface area contributed by atoms with Crippen LogP contribution in [-0.4, -0.2) is 28.5 Å². The maximum atomic E-state index is 14.1. The van der Waals surface area contributed by atoms with Crippen LogP contribution < -0.4 is 0 Å². The molecule has 1 saturated heterocycles. The van der Waals surface area contributed by atoms with E-state index in [0.29, 0.717) is 23.4 Å². The Hall–Kier alpha value is -2.56. The Morgan fingerprint density at radius 2 is 1.96 bits per heavy atom. The first-order chi connectivity index (χ1) is 11.6. The third kappa shape index (κ3) is 2.50. The second kappa shape index (κ2) is 5.82. The maximum Gasteiger partial charge on any atom is 0.270 e. The van der Waals surface area contributed by atoms with Crippen molar-refractivity contribution in [3.05, 3.63) is 59.2 Å². The van der Waals surface area contributed by atoms with Gasteiger partial charge >= 0.3 is 0 Å². The molecule has 0 spiro atoms. The molecule has 1 fully saturated rings. The number of amides is 1. The zero-order chi connectivity index (χ0) is 16.7. The number of hydrogen-bond acceptors (Lipinski definition) is 2. The van der Waals surface area contributed by atoms with Gasteiger partial charge in [0.15, 0.2) is 5.58 Å². The van der Waals surface area contributed by atoms with E-state index in [1.165, 1.54) is 6.07 Å². The van der Waals surface area contributed by atoms with Crippen molar-refractivity contribution in [3.63, 3.8) is 0 Å². The van der Waals surface area contributed by atoms with Crippen molar-refractivity contribution in [2.24, 2.45) is 0 Å². The molecule has 0 bridgehead atoms. The molecule has 3 aromatic rings. The van der Waals surface area contributed by atoms with Crippen LogP contribution in [0.15, 0.2) is 40.8 Å². The average Bonchev–Trinajstić information content (AvgIpc) is 3.26. The minimum atomic E-state index is -0.265. The molecule has 0 atom stereocenters. The summed E-state index contributed by atoms with van der Waals surface area (Å²) in [7, 11) is 0. The Morgan fingerprint density at radius 1 is 1.21 bits per heavy atom. The molecule has 0 aliphatic carbocycles. The molecule has 1 aliphatic heterocycles. The van der Waals surface area contributed by atoms with E-state index in [0.717, 1.165) is 37.2 Å². The van der Waals surface area contributed by atoms with Crippen molar-refractivity contribution in [3.8, 4) is 0 Å². The Balaban J connectivity index is 1.80. The third-order valence-corrected chi connectivity index (χ3v) is 4.61. The molecule has 1 amide bonds. The molecule has 1 aliphatic rings. The second-order valence-corrected chi connectivity index (χ2v) is 6.31. The fourth-order valence-electron chi connectivity index (χ4n) is 3.39. The van der Waals surface area contributed by atoms with E-state index < -0.39 is 0 Å². The molecular weight excluding hydrogens is 307 g/mol. The predicted molar refractivity (Wildman–Crippen MR) is 89.6 cm³/mol. The monoisotopic (exact) mass is 326 g/mol. The van der Waals surface area contributed by atoms with Gasteiger partial charge in [-0.3, -0.25) is 4.79 Å². The van der Waals surface area contributed by atoms with Gasteiger partial charge in [0.2, 0.25) is 0 Å². The Labute approximate surface area is 139 Å². The van der Waals surface area contributed by atoms with Crippen LogP contribution >= 0.6 is 0 Å². The Bertz CT molecular complexity index is 903. The lowest BCUT2D eigenvalue weighted by Gasteiger charge is -2.17. The van der Waals surface area contributed by atoms with Gasteiger partial charge in [-0.2, -0.15) is 0 Å². The van der Waals surface area contributed by atoms with Crippen LogP contribution in [0.4, 0.5) is 4.39 Å². The summed E-state index contributed by atoms with van der Waals surface area (Å²) in [5.41, 5.74) is 2.63. The molecule has 0 radical (unpaired) electrons. The first kappa shape index (κ1) is 15.0. The SMILES string of the molecule is Cc1cc2c(cc(C(=O)N3CCCC3)n2Cc2ccccc2F)o1. The minimum absolute atomic E-state index is 0.00658. The summed E-state index contributed by atoms with van der Waals surface area (Å²) >= 11 is 0. The van der Waals surface area contributed by atoms with Gasteiger partial charge in [-0.15, -0.1) is 0 Å². The number of halogens is 1. The number of benzene rings is 1. The molecule has 1 aromatic carbocycles. The van der Waals surface area contributed by atoms with Crippen molar-refractivity contribution in [1.29, 1.82) is 0 Å². The van der Waals surface area contributed by atoms with Gasteiger partial charge in [-0.05, 0) is 25.8 Å². The van der Waals surface area contributed by atoms with E-state index in [2.05, 4.69) is 0 Å². The van der Waals surface area contributed by atoms with E-state index >= 15 is 0 Å². The molecule has 0 unspecified atom stereocenters. The number of aromatic nitrogens is 1. The summed E-state index contributed by atoms with van der Waals surface area (Å²) < 4.78 is 21.6. The van der Waals surface area contributed by atoms with E-state index in [1.54, 1.807) is 18.2 Å². The van der Waals surface area contributed by atoms with Crippen LogP contribution in [0.2, 0.25) is 0 Å². The van der Waals surface area contributed by atoms with E-state index in [4.69, 9.17) is 4.42 Å². The molecule has 4 rings (SSSR count). The molecule has 3 heterocycles. The molecule has 124 valence electrons. The topological polar surface area (TPSA) is 38.4 Å². The van der Waals surface area contributed by atoms with Gasteiger partial charge in [-0.25, -0.2) is 4.39 Å². The van der Waals surface area contributed by atoms with E-state index in [-0.39, 0.29) is 11.7 Å². The molecule has 2 aromatic heterocycles. The number of carbonyl (C=O) groups is 1. The van der Waals surface area contributed by atoms with Crippen LogP contribution in [0, 0.1) is 12.7 Å². The maximum absolute atomic E-state index is 14.1. The quantitative estimate of drug-likeness (QED) is 0.730. The fourth-order valence-corrected chi connectivity index (χ4v) is 3.39. The van der Waals surface area contributed by atoms with Gasteiger partial charge in [0.25, 0.3) is 5.91 Å². The number of aryl methyl sites for hydroxylation is 1. The highest BCUT2D eigenvalue weighted by atomic mass is 19.1. The highest BCUT2D eigenvalue weighted by molar-refractivity contribution is 5.97. The standard InChI is InChI=1S/C19H19FN2O2/c1-13-10-16-18(24-13)11-17(19(23)21-8-4-5-9-21)22(16)12-14-6-2-3-7-15(14)20/h2-3,6-7,10-11H,4-5,8-9,12H2,1H3. The summed E-state index contributed by atoms with van der Waals surface area (Å²) in [6, 6.07) is 10.3. The third-order valence-electron chi connectivity index (χ3n) is 4.61. The smallest absolute Gasteiger partial charge is 0.270 e. The fraction of sp³-hybridized carbons (Fsp3) is 0.316. The minimum Gasteiger partial charge on any atom is -0.460 e. The van der Waals surface area contributed by atoms with Crippen LogP contribution in [0.1, 0.15) is 34.7 Å². The van der Waals surface area contributed by atoms with Gasteiger partial charge < -0.3 is 13.9 Å². The molecule has 0 N–H and O–H groups in total. The first-order valence-electron chi connectivity index (χ1n) is 8.26. The highest BCUT2D eigenvalue weighted by Gasteiger charge is 2.25. The summed E-state index contributed by atoms with van der Waals surface area (Å²) in [5.74, 6) is 0.509. The molecule has 0 saturated carbocycles. The number of furan rings is 1. The zero-order valence-electron chi connectivity index (χ0n) is 13.6. The highest BCUT2D eigenvalue weighted by Crippen LogP contribution is 2.27. The number of likely N-dealkylation sites (tertiary alicyclic amines) is 1. The molecule has 24 heavy (non-hydrogen) atoms. The summed E-state index contributed by atoms with van der Waals surface area (Å²) in [5, 5.41) is 0. The number of carbonyl (C=O) groups excluding carboxylic acids is 1. The predicted octanol–water partition coefficient (Wildman–Crippen LogP) is 3.97. The lowest BCUT2D eigenvalue weighted by atomic mass is 10.2. The first-order valence-corrected chi connectivity index (χ1v) is 8.26. The summed E-state index contributed by atoms with van der Waals surface area (Å²) in [6.07, 6.45) is 2.07. The zero-order valence-corrected chi connectivity index (χ0v) is 13.6. The van der Waals surface area contributed by atoms with E-state index in [9.17, 15) is 9.18 Å². The normalized spacial score (nSPS) is 14.7. The number of hydrogen-bond donors (Lipinski definition) is 0. The number of rotatable bonds is 3. The van der Waals surface area contributed by atoms with Crippen molar-refractivity contribution < 1.29 is 13.6 Å². The Morgan fingerprint density at radius 3 is 2.71 bits per heavy atom. The Kier molecular flexibility index (Phi) is 3.63. The van der Waals surface area contributed by atoms with Crippen molar-refractivity contribution in [2.45, 2.75) is 26.3 Å². The lowest BCUT2D eigenvalue weighted by molar-refractivity contribution is 0.0783. The largest absolute Gasteiger partial charge is 0.460 e. The average molecular weight is 326 g/mol. The molecule has 5 heteroatoms. The van der Waals surface area contributed by atoms with Crippen molar-refractivity contribution >= 4 is 17.0 Å². The number of fused-ring (bicyclic) bond motifs is 1. The van der Waals surface area contributed by atoms with Gasteiger partial charge in [-0.1, -0.05) is 18.2 Å². The number of nitrogens with zero attached hydrogens (tertiary/aromatic N) is 2. The van der Waals surface area contributed by atoms with Crippen molar-refractivity contribution in [1.82, 2.24) is 9.47 Å². The van der Waals surface area contributed by atoms with Gasteiger partial charge in [0.05, 0.1) is 12.1 Å².